The van der Waals surface area contributed by atoms with E-state index in [1.54, 1.807) is 0 Å². The molecule has 0 aromatic heterocycles. The zero-order valence-corrected chi connectivity index (χ0v) is 13.9. The van der Waals surface area contributed by atoms with Gasteiger partial charge in [0.05, 0.1) is 0 Å². The van der Waals surface area contributed by atoms with Crippen LogP contribution in [-0.4, -0.2) is 11.8 Å². The number of hydrogen-bond acceptors (Lipinski definition) is 2. The van der Waals surface area contributed by atoms with Crippen molar-refractivity contribution in [2.75, 3.05) is 0 Å². The Morgan fingerprint density at radius 3 is 2.43 bits per heavy atom. The molecule has 0 bridgehead atoms. The average molecular weight is 291 g/mol. The van der Waals surface area contributed by atoms with Gasteiger partial charge in [-0.1, -0.05) is 58.3 Å². The fourth-order valence-corrected chi connectivity index (χ4v) is 3.72. The van der Waals surface area contributed by atoms with Crippen LogP contribution in [-0.2, 0) is 4.79 Å². The zero-order valence-electron chi connectivity index (χ0n) is 13.9. The second kappa shape index (κ2) is 9.27. The number of Topliss-reactive ketones (excluding diaryl/α,β-unsaturated/α-hetero) is 1. The fourth-order valence-electron chi connectivity index (χ4n) is 3.72. The van der Waals surface area contributed by atoms with Crippen LogP contribution in [0.5, 0.6) is 0 Å². The molecule has 0 aromatic carbocycles. The highest BCUT2D eigenvalue weighted by Crippen LogP contribution is 2.29. The lowest BCUT2D eigenvalue weighted by Crippen LogP contribution is -2.36. The Morgan fingerprint density at radius 1 is 0.952 bits per heavy atom. The van der Waals surface area contributed by atoms with Gasteiger partial charge in [0.15, 0.2) is 5.78 Å². The highest BCUT2D eigenvalue weighted by molar-refractivity contribution is 5.96. The molecular formula is C19H33NO. The number of rotatable bonds is 9. The standard InChI is InChI=1S/C19H33NO/c1-2-3-4-5-6-7-8-9-11-16-14-15-17-18(20-16)12-10-13-19(17)21/h16,20H,2-15H2,1H3/t16-/m1/s1. The normalized spacial score (nSPS) is 22.1. The van der Waals surface area contributed by atoms with Gasteiger partial charge in [-0.05, 0) is 32.1 Å². The molecule has 0 saturated heterocycles. The maximum Gasteiger partial charge on any atom is 0.160 e. The molecule has 0 radical (unpaired) electrons. The van der Waals surface area contributed by atoms with E-state index >= 15 is 0 Å². The van der Waals surface area contributed by atoms with E-state index in [4.69, 9.17) is 0 Å². The molecule has 120 valence electrons. The topological polar surface area (TPSA) is 29.1 Å². The molecule has 1 aliphatic carbocycles. The molecule has 2 nitrogen and oxygen atoms in total. The summed E-state index contributed by atoms with van der Waals surface area (Å²) in [6, 6.07) is 0.634. The highest BCUT2D eigenvalue weighted by Gasteiger charge is 2.26. The van der Waals surface area contributed by atoms with E-state index in [1.807, 2.05) is 0 Å². The molecule has 1 atom stereocenters. The molecule has 0 spiro atoms. The van der Waals surface area contributed by atoms with Crippen molar-refractivity contribution < 1.29 is 4.79 Å². The van der Waals surface area contributed by atoms with Gasteiger partial charge in [0.25, 0.3) is 0 Å². The van der Waals surface area contributed by atoms with Crippen molar-refractivity contribution in [1.29, 1.82) is 0 Å². The number of carbonyl (C=O) groups excluding carboxylic acids is 1. The highest BCUT2D eigenvalue weighted by atomic mass is 16.1. The summed E-state index contributed by atoms with van der Waals surface area (Å²) in [7, 11) is 0. The van der Waals surface area contributed by atoms with Gasteiger partial charge in [-0.25, -0.2) is 0 Å². The number of ketones is 1. The van der Waals surface area contributed by atoms with E-state index in [9.17, 15) is 4.79 Å². The molecule has 2 rings (SSSR count). The number of carbonyl (C=O) groups is 1. The Bertz CT molecular complexity index is 359. The SMILES string of the molecule is CCCCCCCCCC[C@@H]1CCC2=C(CCCC2=O)N1. The first-order chi connectivity index (χ1) is 10.3. The Labute approximate surface area is 130 Å². The van der Waals surface area contributed by atoms with Crippen LogP contribution in [0.3, 0.4) is 0 Å². The first-order valence-electron chi connectivity index (χ1n) is 9.33. The Balaban J connectivity index is 1.55. The third-order valence-electron chi connectivity index (χ3n) is 5.06. The summed E-state index contributed by atoms with van der Waals surface area (Å²) < 4.78 is 0. The maximum atomic E-state index is 11.8. The minimum Gasteiger partial charge on any atom is -0.385 e. The van der Waals surface area contributed by atoms with Crippen molar-refractivity contribution in [3.63, 3.8) is 0 Å². The van der Waals surface area contributed by atoms with Crippen molar-refractivity contribution in [3.05, 3.63) is 11.3 Å². The van der Waals surface area contributed by atoms with Gasteiger partial charge >= 0.3 is 0 Å². The molecule has 1 heterocycles. The predicted octanol–water partition coefficient (Wildman–Crippen LogP) is 5.28. The fraction of sp³-hybridized carbons (Fsp3) is 0.842. The molecule has 0 unspecified atom stereocenters. The van der Waals surface area contributed by atoms with Crippen LogP contribution in [0, 0.1) is 0 Å². The lowest BCUT2D eigenvalue weighted by atomic mass is 9.86. The number of hydrogen-bond donors (Lipinski definition) is 1. The molecular weight excluding hydrogens is 258 g/mol. The third kappa shape index (κ3) is 5.48. The van der Waals surface area contributed by atoms with Gasteiger partial charge in [-0.15, -0.1) is 0 Å². The Hall–Kier alpha value is -0.790. The molecule has 0 fully saturated rings. The second-order valence-electron chi connectivity index (χ2n) is 6.88. The summed E-state index contributed by atoms with van der Waals surface area (Å²) in [5.41, 5.74) is 2.43. The number of unbranched alkanes of at least 4 members (excludes halogenated alkanes) is 7. The van der Waals surface area contributed by atoms with Crippen LogP contribution in [0.25, 0.3) is 0 Å². The molecule has 2 heteroatoms. The van der Waals surface area contributed by atoms with E-state index in [0.717, 1.165) is 31.3 Å². The summed E-state index contributed by atoms with van der Waals surface area (Å²) in [5.74, 6) is 0.411. The number of nitrogens with one attached hydrogen (secondary N) is 1. The van der Waals surface area contributed by atoms with Gasteiger partial charge in [0, 0.05) is 23.7 Å². The monoisotopic (exact) mass is 291 g/mol. The van der Waals surface area contributed by atoms with Crippen LogP contribution in [0.4, 0.5) is 0 Å². The van der Waals surface area contributed by atoms with Crippen molar-refractivity contribution in [3.8, 4) is 0 Å². The predicted molar refractivity (Wildman–Crippen MR) is 89.3 cm³/mol. The van der Waals surface area contributed by atoms with Crippen LogP contribution < -0.4 is 5.32 Å². The largest absolute Gasteiger partial charge is 0.385 e. The lowest BCUT2D eigenvalue weighted by molar-refractivity contribution is -0.116. The third-order valence-corrected chi connectivity index (χ3v) is 5.06. The van der Waals surface area contributed by atoms with Crippen molar-refractivity contribution in [2.24, 2.45) is 0 Å². The first kappa shape index (κ1) is 16.6. The van der Waals surface area contributed by atoms with Crippen LogP contribution >= 0.6 is 0 Å². The van der Waals surface area contributed by atoms with Crippen LogP contribution in [0.1, 0.15) is 96.8 Å². The van der Waals surface area contributed by atoms with Gasteiger partial charge in [-0.2, -0.15) is 0 Å². The van der Waals surface area contributed by atoms with Crippen molar-refractivity contribution >= 4 is 5.78 Å². The second-order valence-corrected chi connectivity index (χ2v) is 6.88. The van der Waals surface area contributed by atoms with Crippen LogP contribution in [0.2, 0.25) is 0 Å². The van der Waals surface area contributed by atoms with Gasteiger partial charge < -0.3 is 5.32 Å². The summed E-state index contributed by atoms with van der Waals surface area (Å²) in [4.78, 5) is 11.8. The average Bonchev–Trinajstić information content (AvgIpc) is 2.50. The van der Waals surface area contributed by atoms with Gasteiger partial charge in [-0.3, -0.25) is 4.79 Å². The molecule has 2 aliphatic rings. The van der Waals surface area contributed by atoms with Crippen LogP contribution in [0.15, 0.2) is 11.3 Å². The van der Waals surface area contributed by atoms with E-state index in [1.165, 1.54) is 69.9 Å². The van der Waals surface area contributed by atoms with Crippen molar-refractivity contribution in [1.82, 2.24) is 5.32 Å². The quantitative estimate of drug-likeness (QED) is 0.586. The number of allylic oxidation sites excluding steroid dienone is 2. The molecule has 1 N–H and O–H groups in total. The Kier molecular flexibility index (Phi) is 7.32. The summed E-state index contributed by atoms with van der Waals surface area (Å²) >= 11 is 0. The molecule has 21 heavy (non-hydrogen) atoms. The first-order valence-corrected chi connectivity index (χ1v) is 9.33. The minimum atomic E-state index is 0.411. The minimum absolute atomic E-state index is 0.411. The van der Waals surface area contributed by atoms with E-state index in [0.29, 0.717) is 11.8 Å². The Morgan fingerprint density at radius 2 is 1.67 bits per heavy atom. The summed E-state index contributed by atoms with van der Waals surface area (Å²) in [6.45, 7) is 2.28. The molecule has 0 amide bonds. The van der Waals surface area contributed by atoms with Crippen molar-refractivity contribution in [2.45, 2.75) is 103 Å². The summed E-state index contributed by atoms with van der Waals surface area (Å²) in [6.07, 6.45) is 17.6. The summed E-state index contributed by atoms with van der Waals surface area (Å²) in [5, 5.41) is 3.66. The van der Waals surface area contributed by atoms with E-state index < -0.39 is 0 Å². The van der Waals surface area contributed by atoms with Gasteiger partial charge in [0.2, 0.25) is 0 Å². The van der Waals surface area contributed by atoms with Gasteiger partial charge in [0.1, 0.15) is 0 Å². The smallest absolute Gasteiger partial charge is 0.160 e. The lowest BCUT2D eigenvalue weighted by Gasteiger charge is -2.31. The molecule has 1 aliphatic heterocycles. The molecule has 0 aromatic rings. The zero-order chi connectivity index (χ0) is 14.9. The molecule has 0 saturated carbocycles. The van der Waals surface area contributed by atoms with E-state index in [2.05, 4.69) is 12.2 Å². The van der Waals surface area contributed by atoms with E-state index in [-0.39, 0.29) is 0 Å². The maximum absolute atomic E-state index is 11.8.